The minimum absolute atomic E-state index is 0.0423. The van der Waals surface area contributed by atoms with E-state index in [1.807, 2.05) is 78.9 Å². The van der Waals surface area contributed by atoms with Gasteiger partial charge in [0.15, 0.2) is 0 Å². The number of rotatable bonds is 9. The molecule has 2 aliphatic heterocycles. The molecule has 4 aromatic rings. The second kappa shape index (κ2) is 12.6. The molecule has 0 radical (unpaired) electrons. The molecule has 208 valence electrons. The molecule has 0 aliphatic carbocycles. The number of carbonyl (C=O) groups is 1. The van der Waals surface area contributed by atoms with E-state index in [4.69, 9.17) is 9.73 Å². The standard InChI is InChI=1S/C35H34FN3O2/c36-30-15-9-17-32(39-35(40)21-29(24-10-3-1-4-11-24)25-12-5-2-6-13-25)28(30)19-18-27-22-37-34(23-41-27)33-20-26-14-7-8-16-31(26)38-33/h1-17,27,29,34,37H,18-23H2,(H,39,40)/t27-,34+/m1/s1. The summed E-state index contributed by atoms with van der Waals surface area (Å²) in [6.45, 7) is 1.21. The number of fused-ring (bicyclic) bond motifs is 1. The number of halogens is 1. The van der Waals surface area contributed by atoms with Crippen molar-refractivity contribution in [2.24, 2.45) is 4.99 Å². The molecule has 41 heavy (non-hydrogen) atoms. The Balaban J connectivity index is 1.07. The van der Waals surface area contributed by atoms with Crippen LogP contribution < -0.4 is 10.6 Å². The van der Waals surface area contributed by atoms with E-state index in [-0.39, 0.29) is 36.2 Å². The molecule has 0 spiro atoms. The number of aliphatic imine (C=N–C) groups is 1. The first-order valence-corrected chi connectivity index (χ1v) is 14.3. The molecule has 0 aromatic heterocycles. The third kappa shape index (κ3) is 6.45. The average molecular weight is 548 g/mol. The normalized spacial score (nSPS) is 18.1. The van der Waals surface area contributed by atoms with E-state index >= 15 is 4.39 Å². The zero-order valence-corrected chi connectivity index (χ0v) is 22.9. The van der Waals surface area contributed by atoms with Crippen molar-refractivity contribution in [3.63, 3.8) is 0 Å². The lowest BCUT2D eigenvalue weighted by Crippen LogP contribution is -2.50. The minimum Gasteiger partial charge on any atom is -0.375 e. The van der Waals surface area contributed by atoms with Crippen molar-refractivity contribution < 1.29 is 13.9 Å². The fourth-order valence-electron chi connectivity index (χ4n) is 5.80. The lowest BCUT2D eigenvalue weighted by Gasteiger charge is -2.30. The molecule has 0 saturated carbocycles. The first-order valence-electron chi connectivity index (χ1n) is 14.3. The van der Waals surface area contributed by atoms with Crippen LogP contribution in [-0.2, 0) is 22.4 Å². The van der Waals surface area contributed by atoms with Gasteiger partial charge in [-0.05, 0) is 47.7 Å². The molecular formula is C35H34FN3O2. The number of carbonyl (C=O) groups excluding carboxylic acids is 1. The van der Waals surface area contributed by atoms with Crippen LogP contribution in [0.4, 0.5) is 15.8 Å². The molecule has 2 heterocycles. The summed E-state index contributed by atoms with van der Waals surface area (Å²) in [6.07, 6.45) is 2.17. The Morgan fingerprint density at radius 1 is 0.927 bits per heavy atom. The maximum absolute atomic E-state index is 15.0. The van der Waals surface area contributed by atoms with E-state index < -0.39 is 0 Å². The first kappa shape index (κ1) is 27.1. The Kier molecular flexibility index (Phi) is 8.31. The second-order valence-electron chi connectivity index (χ2n) is 10.8. The first-order chi connectivity index (χ1) is 20.1. The number of nitrogens with one attached hydrogen (secondary N) is 2. The van der Waals surface area contributed by atoms with Crippen molar-refractivity contribution in [3.05, 3.63) is 131 Å². The van der Waals surface area contributed by atoms with Crippen LogP contribution in [0.2, 0.25) is 0 Å². The van der Waals surface area contributed by atoms with Gasteiger partial charge in [-0.25, -0.2) is 4.39 Å². The van der Waals surface area contributed by atoms with E-state index in [1.54, 1.807) is 12.1 Å². The van der Waals surface area contributed by atoms with Crippen LogP contribution in [0.25, 0.3) is 0 Å². The molecule has 5 nitrogen and oxygen atoms in total. The van der Waals surface area contributed by atoms with Crippen molar-refractivity contribution in [2.75, 3.05) is 18.5 Å². The number of hydrogen-bond donors (Lipinski definition) is 2. The molecule has 0 bridgehead atoms. The van der Waals surface area contributed by atoms with E-state index in [2.05, 4.69) is 16.7 Å². The number of morpholine rings is 1. The van der Waals surface area contributed by atoms with Crippen molar-refractivity contribution in [2.45, 2.75) is 43.7 Å². The Morgan fingerprint density at radius 2 is 1.63 bits per heavy atom. The predicted octanol–water partition coefficient (Wildman–Crippen LogP) is 6.60. The molecule has 0 unspecified atom stereocenters. The summed E-state index contributed by atoms with van der Waals surface area (Å²) >= 11 is 0. The number of amides is 1. The number of benzene rings is 4. The summed E-state index contributed by atoms with van der Waals surface area (Å²) in [4.78, 5) is 18.1. The Morgan fingerprint density at radius 3 is 2.32 bits per heavy atom. The van der Waals surface area contributed by atoms with Crippen molar-refractivity contribution in [1.29, 1.82) is 0 Å². The van der Waals surface area contributed by atoms with Gasteiger partial charge in [0.2, 0.25) is 5.91 Å². The average Bonchev–Trinajstić information content (AvgIpc) is 3.45. The molecule has 2 aliphatic rings. The largest absolute Gasteiger partial charge is 0.375 e. The molecule has 6 heteroatoms. The van der Waals surface area contributed by atoms with Crippen molar-refractivity contribution in [3.8, 4) is 0 Å². The molecule has 2 atom stereocenters. The third-order valence-corrected chi connectivity index (χ3v) is 8.02. The fraction of sp³-hybridized carbons (Fsp3) is 0.257. The minimum atomic E-state index is -0.315. The number of nitrogens with zero attached hydrogens (tertiary/aromatic N) is 1. The number of ether oxygens (including phenoxy) is 1. The molecular weight excluding hydrogens is 513 g/mol. The van der Waals surface area contributed by atoms with Gasteiger partial charge in [-0.1, -0.05) is 84.9 Å². The smallest absolute Gasteiger partial charge is 0.225 e. The Labute approximate surface area is 240 Å². The summed E-state index contributed by atoms with van der Waals surface area (Å²) in [5.74, 6) is -0.558. The van der Waals surface area contributed by atoms with Crippen LogP contribution in [0, 0.1) is 5.82 Å². The van der Waals surface area contributed by atoms with E-state index in [9.17, 15) is 4.79 Å². The quantitative estimate of drug-likeness (QED) is 0.248. The van der Waals surface area contributed by atoms with Gasteiger partial charge in [-0.15, -0.1) is 0 Å². The zero-order chi connectivity index (χ0) is 28.0. The van der Waals surface area contributed by atoms with Crippen LogP contribution in [-0.4, -0.2) is 36.9 Å². The number of hydrogen-bond acceptors (Lipinski definition) is 4. The Bertz CT molecular complexity index is 1480. The summed E-state index contributed by atoms with van der Waals surface area (Å²) in [7, 11) is 0. The highest BCUT2D eigenvalue weighted by molar-refractivity contribution is 5.98. The zero-order valence-electron chi connectivity index (χ0n) is 22.9. The molecule has 1 saturated heterocycles. The van der Waals surface area contributed by atoms with Crippen LogP contribution in [0.3, 0.4) is 0 Å². The molecule has 6 rings (SSSR count). The van der Waals surface area contributed by atoms with Gasteiger partial charge < -0.3 is 15.4 Å². The highest BCUT2D eigenvalue weighted by atomic mass is 19.1. The summed E-state index contributed by atoms with van der Waals surface area (Å²) in [5, 5.41) is 6.59. The number of para-hydroxylation sites is 1. The van der Waals surface area contributed by atoms with Gasteiger partial charge in [0.1, 0.15) is 5.82 Å². The van der Waals surface area contributed by atoms with Gasteiger partial charge in [0, 0.05) is 42.3 Å². The Hall–Kier alpha value is -4.13. The summed E-state index contributed by atoms with van der Waals surface area (Å²) in [5.41, 5.74) is 6.57. The van der Waals surface area contributed by atoms with E-state index in [0.717, 1.165) is 28.9 Å². The highest BCUT2D eigenvalue weighted by Gasteiger charge is 2.28. The third-order valence-electron chi connectivity index (χ3n) is 8.02. The maximum atomic E-state index is 15.0. The van der Waals surface area contributed by atoms with Crippen LogP contribution in [0.15, 0.2) is 108 Å². The molecule has 2 N–H and O–H groups in total. The van der Waals surface area contributed by atoms with Gasteiger partial charge in [0.25, 0.3) is 0 Å². The van der Waals surface area contributed by atoms with E-state index in [1.165, 1.54) is 11.6 Å². The monoisotopic (exact) mass is 547 g/mol. The lowest BCUT2D eigenvalue weighted by molar-refractivity contribution is -0.116. The summed E-state index contributed by atoms with van der Waals surface area (Å²) < 4.78 is 21.2. The van der Waals surface area contributed by atoms with Crippen LogP contribution >= 0.6 is 0 Å². The summed E-state index contributed by atoms with van der Waals surface area (Å²) in [6, 6.07) is 33.2. The second-order valence-corrected chi connectivity index (χ2v) is 10.8. The van der Waals surface area contributed by atoms with Crippen LogP contribution in [0.1, 0.15) is 41.0 Å². The van der Waals surface area contributed by atoms with Gasteiger partial charge >= 0.3 is 0 Å². The van der Waals surface area contributed by atoms with Gasteiger partial charge in [0.05, 0.1) is 24.4 Å². The highest BCUT2D eigenvalue weighted by Crippen LogP contribution is 2.30. The molecule has 4 aromatic carbocycles. The van der Waals surface area contributed by atoms with Gasteiger partial charge in [-0.2, -0.15) is 0 Å². The van der Waals surface area contributed by atoms with Crippen LogP contribution in [0.5, 0.6) is 0 Å². The molecule has 1 amide bonds. The predicted molar refractivity (Wildman–Crippen MR) is 161 cm³/mol. The van der Waals surface area contributed by atoms with E-state index in [0.29, 0.717) is 37.2 Å². The van der Waals surface area contributed by atoms with Crippen molar-refractivity contribution in [1.82, 2.24) is 5.32 Å². The maximum Gasteiger partial charge on any atom is 0.225 e. The molecule has 1 fully saturated rings. The SMILES string of the molecule is O=C(CC(c1ccccc1)c1ccccc1)Nc1cccc(F)c1CC[C@@H]1CN[C@H](C2=Nc3ccccc3C2)CO1. The lowest BCUT2D eigenvalue weighted by atomic mass is 9.88. The number of anilines is 1. The van der Waals surface area contributed by atoms with Gasteiger partial charge in [-0.3, -0.25) is 9.79 Å². The fourth-order valence-corrected chi connectivity index (χ4v) is 5.80. The topological polar surface area (TPSA) is 62.7 Å². The van der Waals surface area contributed by atoms with Crippen molar-refractivity contribution >= 4 is 23.0 Å².